The van der Waals surface area contributed by atoms with Crippen LogP contribution in [0.15, 0.2) is 47.4 Å². The summed E-state index contributed by atoms with van der Waals surface area (Å²) in [6.07, 6.45) is 0. The van der Waals surface area contributed by atoms with Crippen LogP contribution in [0.3, 0.4) is 0 Å². The van der Waals surface area contributed by atoms with Gasteiger partial charge in [0.05, 0.1) is 15.6 Å². The van der Waals surface area contributed by atoms with Crippen LogP contribution in [0.5, 0.6) is 0 Å². The van der Waals surface area contributed by atoms with Crippen molar-refractivity contribution in [3.8, 4) is 0 Å². The first kappa shape index (κ1) is 22.6. The third-order valence-corrected chi connectivity index (χ3v) is 5.54. The van der Waals surface area contributed by atoms with E-state index in [0.717, 1.165) is 24.3 Å². The molecule has 0 heterocycles. The van der Waals surface area contributed by atoms with Gasteiger partial charge in [-0.05, 0) is 42.5 Å². The van der Waals surface area contributed by atoms with Gasteiger partial charge in [0.25, 0.3) is 15.9 Å². The summed E-state index contributed by atoms with van der Waals surface area (Å²) < 4.78 is 40.2. The number of rotatable bonds is 8. The molecule has 0 unspecified atom stereocenters. The number of hydrogen-bond donors (Lipinski definition) is 3. The van der Waals surface area contributed by atoms with Crippen molar-refractivity contribution < 1.29 is 22.4 Å². The maximum Gasteiger partial charge on any atom is 0.261 e. The van der Waals surface area contributed by atoms with Crippen molar-refractivity contribution in [3.05, 3.63) is 58.9 Å². The Morgan fingerprint density at radius 2 is 1.66 bits per heavy atom. The zero-order valence-electron chi connectivity index (χ0n) is 15.8. The number of nitrogens with one attached hydrogen (secondary N) is 3. The maximum atomic E-state index is 13.0. The molecule has 0 aliphatic rings. The second-order valence-corrected chi connectivity index (χ2v) is 8.55. The number of carbonyl (C=O) groups is 2. The minimum absolute atomic E-state index is 0.0109. The zero-order chi connectivity index (χ0) is 21.6. The molecule has 0 saturated carbocycles. The largest absolute Gasteiger partial charge is 0.354 e. The van der Waals surface area contributed by atoms with Crippen molar-refractivity contribution in [3.63, 3.8) is 0 Å². The Bertz CT molecular complexity index is 995. The molecule has 0 radical (unpaired) electrons. The smallest absolute Gasteiger partial charge is 0.261 e. The molecule has 0 fully saturated rings. The summed E-state index contributed by atoms with van der Waals surface area (Å²) in [4.78, 5) is 23.6. The lowest BCUT2D eigenvalue weighted by Gasteiger charge is -2.12. The molecule has 0 bridgehead atoms. The maximum absolute atomic E-state index is 13.0. The lowest BCUT2D eigenvalue weighted by atomic mass is 10.2. The fourth-order valence-electron chi connectivity index (χ4n) is 2.23. The molecule has 0 saturated heterocycles. The lowest BCUT2D eigenvalue weighted by molar-refractivity contribution is -0.123. The Balaban J connectivity index is 2.06. The molecule has 0 aliphatic heterocycles. The summed E-state index contributed by atoms with van der Waals surface area (Å²) in [5.41, 5.74) is 0.193. The fraction of sp³-hybridized carbons (Fsp3) is 0.263. The van der Waals surface area contributed by atoms with Crippen LogP contribution in [-0.4, -0.2) is 33.3 Å². The number of sulfonamides is 1. The van der Waals surface area contributed by atoms with E-state index in [1.165, 1.54) is 18.2 Å². The monoisotopic (exact) mass is 441 g/mol. The number of carbonyl (C=O) groups excluding carboxylic acids is 2. The van der Waals surface area contributed by atoms with E-state index in [2.05, 4.69) is 15.4 Å². The molecule has 3 N–H and O–H groups in total. The van der Waals surface area contributed by atoms with Crippen LogP contribution in [0.2, 0.25) is 5.02 Å². The van der Waals surface area contributed by atoms with Crippen molar-refractivity contribution in [2.45, 2.75) is 18.7 Å². The molecule has 156 valence electrons. The Morgan fingerprint density at radius 1 is 1.03 bits per heavy atom. The van der Waals surface area contributed by atoms with E-state index >= 15 is 0 Å². The average Bonchev–Trinajstić information content (AvgIpc) is 2.66. The van der Waals surface area contributed by atoms with Crippen molar-refractivity contribution >= 4 is 39.1 Å². The van der Waals surface area contributed by atoms with Crippen molar-refractivity contribution in [1.29, 1.82) is 0 Å². The van der Waals surface area contributed by atoms with Gasteiger partial charge >= 0.3 is 0 Å². The topological polar surface area (TPSA) is 104 Å². The summed E-state index contributed by atoms with van der Waals surface area (Å²) >= 11 is 6.04. The van der Waals surface area contributed by atoms with Gasteiger partial charge in [-0.2, -0.15) is 0 Å². The molecule has 7 nitrogen and oxygen atoms in total. The molecule has 29 heavy (non-hydrogen) atoms. The second kappa shape index (κ2) is 9.71. The van der Waals surface area contributed by atoms with E-state index in [9.17, 15) is 22.4 Å². The van der Waals surface area contributed by atoms with Gasteiger partial charge in [0, 0.05) is 24.6 Å². The third-order valence-electron chi connectivity index (χ3n) is 3.83. The average molecular weight is 442 g/mol. The van der Waals surface area contributed by atoms with Crippen LogP contribution in [0.4, 0.5) is 10.1 Å². The van der Waals surface area contributed by atoms with Gasteiger partial charge in [-0.15, -0.1) is 0 Å². The number of anilines is 1. The molecule has 2 aromatic rings. The first-order valence-corrected chi connectivity index (χ1v) is 10.6. The first-order chi connectivity index (χ1) is 13.6. The number of hydrogen-bond acceptors (Lipinski definition) is 4. The zero-order valence-corrected chi connectivity index (χ0v) is 17.4. The number of benzene rings is 2. The van der Waals surface area contributed by atoms with Crippen molar-refractivity contribution in [2.24, 2.45) is 5.92 Å². The number of amides is 2. The summed E-state index contributed by atoms with van der Waals surface area (Å²) in [5.74, 6) is -1.30. The van der Waals surface area contributed by atoms with E-state index in [0.29, 0.717) is 0 Å². The van der Waals surface area contributed by atoms with Gasteiger partial charge in [0.15, 0.2) is 0 Å². The highest BCUT2D eigenvalue weighted by Gasteiger charge is 2.17. The van der Waals surface area contributed by atoms with Gasteiger partial charge in [-0.25, -0.2) is 12.8 Å². The molecular formula is C19H21ClFN3O4S. The van der Waals surface area contributed by atoms with Crippen LogP contribution in [-0.2, 0) is 14.8 Å². The van der Waals surface area contributed by atoms with Crippen LogP contribution in [0, 0.1) is 11.7 Å². The van der Waals surface area contributed by atoms with E-state index in [1.807, 2.05) is 0 Å². The van der Waals surface area contributed by atoms with E-state index in [4.69, 9.17) is 11.6 Å². The molecule has 0 aromatic heterocycles. The summed E-state index contributed by atoms with van der Waals surface area (Å²) in [7, 11) is -4.01. The highest BCUT2D eigenvalue weighted by atomic mass is 35.5. The SMILES string of the molecule is CC(C)C(=O)NCCNC(=O)c1ccc(Cl)c(NS(=O)(=O)c2ccc(F)cc2)c1. The first-order valence-electron chi connectivity index (χ1n) is 8.74. The highest BCUT2D eigenvalue weighted by molar-refractivity contribution is 7.92. The van der Waals surface area contributed by atoms with Gasteiger partial charge in [0.1, 0.15) is 5.82 Å². The van der Waals surface area contributed by atoms with Crippen molar-refractivity contribution in [1.82, 2.24) is 10.6 Å². The van der Waals surface area contributed by atoms with Crippen molar-refractivity contribution in [2.75, 3.05) is 17.8 Å². The molecule has 0 atom stereocenters. The Morgan fingerprint density at radius 3 is 2.28 bits per heavy atom. The Hall–Kier alpha value is -2.65. The Kier molecular flexibility index (Phi) is 7.58. The highest BCUT2D eigenvalue weighted by Crippen LogP contribution is 2.26. The second-order valence-electron chi connectivity index (χ2n) is 6.46. The van der Waals surface area contributed by atoms with Gasteiger partial charge in [0.2, 0.25) is 5.91 Å². The fourth-order valence-corrected chi connectivity index (χ4v) is 3.52. The predicted octanol–water partition coefficient (Wildman–Crippen LogP) is 2.78. The quantitative estimate of drug-likeness (QED) is 0.548. The normalized spacial score (nSPS) is 11.2. The van der Waals surface area contributed by atoms with E-state index in [1.54, 1.807) is 13.8 Å². The van der Waals surface area contributed by atoms with Crippen LogP contribution >= 0.6 is 11.6 Å². The lowest BCUT2D eigenvalue weighted by Crippen LogP contribution is -2.36. The molecular weight excluding hydrogens is 421 g/mol. The van der Waals surface area contributed by atoms with E-state index in [-0.39, 0.29) is 46.1 Å². The minimum atomic E-state index is -4.01. The van der Waals surface area contributed by atoms with E-state index < -0.39 is 21.7 Å². The van der Waals surface area contributed by atoms with Gasteiger partial charge < -0.3 is 10.6 Å². The summed E-state index contributed by atoms with van der Waals surface area (Å²) in [5, 5.41) is 5.39. The van der Waals surface area contributed by atoms with Crippen LogP contribution < -0.4 is 15.4 Å². The standard InChI is InChI=1S/C19H21ClFN3O4S/c1-12(2)18(25)22-9-10-23-19(26)13-3-8-16(20)17(11-13)24-29(27,28)15-6-4-14(21)5-7-15/h3-8,11-12,24H,9-10H2,1-2H3,(H,22,25)(H,23,26). The van der Waals surface area contributed by atoms with Crippen LogP contribution in [0.1, 0.15) is 24.2 Å². The molecule has 2 aromatic carbocycles. The summed E-state index contributed by atoms with van der Waals surface area (Å²) in [6.45, 7) is 3.99. The molecule has 10 heteroatoms. The molecule has 2 amide bonds. The molecule has 0 spiro atoms. The number of halogens is 2. The minimum Gasteiger partial charge on any atom is -0.354 e. The third kappa shape index (κ3) is 6.43. The van der Waals surface area contributed by atoms with Crippen LogP contribution in [0.25, 0.3) is 0 Å². The Labute approximate surface area is 173 Å². The summed E-state index contributed by atoms with van der Waals surface area (Å²) in [6, 6.07) is 8.42. The molecule has 2 rings (SSSR count). The van der Waals surface area contributed by atoms with Gasteiger partial charge in [-0.1, -0.05) is 25.4 Å². The van der Waals surface area contributed by atoms with Gasteiger partial charge in [-0.3, -0.25) is 14.3 Å². The molecule has 0 aliphatic carbocycles. The predicted molar refractivity (Wildman–Crippen MR) is 109 cm³/mol.